The maximum atomic E-state index is 12.9. The van der Waals surface area contributed by atoms with Crippen LogP contribution in [0.5, 0.6) is 0 Å². The highest BCUT2D eigenvalue weighted by Crippen LogP contribution is 2.36. The van der Waals surface area contributed by atoms with E-state index in [1.165, 1.54) is 37.7 Å². The van der Waals surface area contributed by atoms with E-state index in [1.807, 2.05) is 12.2 Å². The van der Waals surface area contributed by atoms with Crippen LogP contribution in [0.15, 0.2) is 83.5 Å². The van der Waals surface area contributed by atoms with Crippen molar-refractivity contribution < 1.29 is 19.1 Å². The minimum absolute atomic E-state index is 0.162. The van der Waals surface area contributed by atoms with E-state index in [2.05, 4.69) is 24.8 Å². The molecule has 0 radical (unpaired) electrons. The molecule has 1 saturated carbocycles. The largest absolute Gasteiger partial charge is 0.458 e. The van der Waals surface area contributed by atoms with Gasteiger partial charge in [0.05, 0.1) is 11.1 Å². The third kappa shape index (κ3) is 7.17. The molecular weight excluding hydrogens is 436 g/mol. The normalized spacial score (nSPS) is 23.0. The summed E-state index contributed by atoms with van der Waals surface area (Å²) in [6.07, 6.45) is 21.7. The first-order valence-corrected chi connectivity index (χ1v) is 13.0. The molecule has 3 aliphatic rings. The van der Waals surface area contributed by atoms with E-state index in [-0.39, 0.29) is 24.3 Å². The molecule has 0 spiro atoms. The van der Waals surface area contributed by atoms with Gasteiger partial charge in [0.2, 0.25) is 0 Å². The van der Waals surface area contributed by atoms with Crippen molar-refractivity contribution in [1.82, 2.24) is 0 Å². The first-order chi connectivity index (χ1) is 17.1. The molecule has 0 saturated heterocycles. The number of esters is 2. The predicted octanol–water partition coefficient (Wildman–Crippen LogP) is 7.45. The standard InChI is InChI=1S/C31H36O4/c1-23-10-4-2-3-5-11-24(17-16-23)21-34-30(32)28-14-8-9-15-29(28)31(33)35-22-25-18-19-26-12-6-7-13-27(26)20-25/h8-9,11,14-19,27H,1-7,10,12-13,20-22H2/b17-16-,24-11+. The Morgan fingerprint density at radius 1 is 0.857 bits per heavy atom. The highest BCUT2D eigenvalue weighted by molar-refractivity contribution is 6.03. The van der Waals surface area contributed by atoms with Crippen molar-refractivity contribution in [2.45, 2.75) is 64.2 Å². The van der Waals surface area contributed by atoms with Crippen molar-refractivity contribution in [3.05, 3.63) is 94.6 Å². The Morgan fingerprint density at radius 3 is 2.40 bits per heavy atom. The van der Waals surface area contributed by atoms with Crippen LogP contribution in [0.4, 0.5) is 0 Å². The van der Waals surface area contributed by atoms with Crippen molar-refractivity contribution >= 4 is 11.9 Å². The molecule has 4 rings (SSSR count). The van der Waals surface area contributed by atoms with E-state index >= 15 is 0 Å². The minimum atomic E-state index is -0.519. The molecule has 0 amide bonds. The molecule has 1 atom stereocenters. The number of ether oxygens (including phenoxy) is 2. The highest BCUT2D eigenvalue weighted by atomic mass is 16.5. The second-order valence-electron chi connectivity index (χ2n) is 9.78. The van der Waals surface area contributed by atoms with Crippen molar-refractivity contribution in [1.29, 1.82) is 0 Å². The monoisotopic (exact) mass is 472 g/mol. The molecule has 3 aliphatic carbocycles. The van der Waals surface area contributed by atoms with E-state index in [0.29, 0.717) is 5.92 Å². The second-order valence-corrected chi connectivity index (χ2v) is 9.78. The number of benzene rings is 1. The molecule has 0 bridgehead atoms. The number of fused-ring (bicyclic) bond motifs is 1. The molecule has 1 aromatic carbocycles. The van der Waals surface area contributed by atoms with E-state index < -0.39 is 11.9 Å². The molecule has 4 nitrogen and oxygen atoms in total. The van der Waals surface area contributed by atoms with Gasteiger partial charge in [0.15, 0.2) is 0 Å². The first-order valence-electron chi connectivity index (χ1n) is 13.0. The van der Waals surface area contributed by atoms with Crippen LogP contribution >= 0.6 is 0 Å². The van der Waals surface area contributed by atoms with Gasteiger partial charge in [-0.25, -0.2) is 9.59 Å². The van der Waals surface area contributed by atoms with E-state index in [1.54, 1.807) is 24.3 Å². The number of hydrogen-bond donors (Lipinski definition) is 0. The van der Waals surface area contributed by atoms with Crippen LogP contribution in [0.1, 0.15) is 84.9 Å². The Hall–Kier alpha value is -3.14. The number of rotatable bonds is 6. The van der Waals surface area contributed by atoms with Gasteiger partial charge in [0, 0.05) is 0 Å². The van der Waals surface area contributed by atoms with Crippen molar-refractivity contribution in [2.24, 2.45) is 5.92 Å². The summed E-state index contributed by atoms with van der Waals surface area (Å²) in [5.74, 6) is -0.424. The Morgan fingerprint density at radius 2 is 1.60 bits per heavy atom. The lowest BCUT2D eigenvalue weighted by molar-refractivity contribution is 0.0492. The van der Waals surface area contributed by atoms with Gasteiger partial charge in [0.25, 0.3) is 0 Å². The summed E-state index contributed by atoms with van der Waals surface area (Å²) in [5.41, 5.74) is 5.17. The van der Waals surface area contributed by atoms with Crippen LogP contribution in [0.3, 0.4) is 0 Å². The fraction of sp³-hybridized carbons (Fsp3) is 0.419. The van der Waals surface area contributed by atoms with Gasteiger partial charge >= 0.3 is 11.9 Å². The van der Waals surface area contributed by atoms with Crippen LogP contribution in [0, 0.1) is 5.92 Å². The van der Waals surface area contributed by atoms with Crippen LogP contribution in [0.25, 0.3) is 0 Å². The van der Waals surface area contributed by atoms with Crippen LogP contribution in [-0.4, -0.2) is 25.2 Å². The number of hydrogen-bond acceptors (Lipinski definition) is 4. The zero-order valence-electron chi connectivity index (χ0n) is 20.6. The number of carbonyl (C=O) groups is 2. The third-order valence-electron chi connectivity index (χ3n) is 7.10. The van der Waals surface area contributed by atoms with E-state index in [0.717, 1.165) is 48.8 Å². The number of allylic oxidation sites excluding steroid dienone is 6. The fourth-order valence-corrected chi connectivity index (χ4v) is 5.02. The lowest BCUT2D eigenvalue weighted by Crippen LogP contribution is -2.18. The topological polar surface area (TPSA) is 52.6 Å². The highest BCUT2D eigenvalue weighted by Gasteiger charge is 2.24. The molecule has 0 aliphatic heterocycles. The molecule has 4 heteroatoms. The maximum absolute atomic E-state index is 12.9. The summed E-state index contributed by atoms with van der Waals surface area (Å²) >= 11 is 0. The summed E-state index contributed by atoms with van der Waals surface area (Å²) in [4.78, 5) is 25.8. The maximum Gasteiger partial charge on any atom is 0.339 e. The minimum Gasteiger partial charge on any atom is -0.458 e. The molecular formula is C31H36O4. The molecule has 1 aromatic rings. The SMILES string of the molecule is C=C1/C=C\C(COC(=O)c2ccccc2C(=O)OCC2=CC=C3CCCCC3C2)=C/CCCCC1. The summed E-state index contributed by atoms with van der Waals surface area (Å²) in [7, 11) is 0. The summed E-state index contributed by atoms with van der Waals surface area (Å²) < 4.78 is 11.2. The quantitative estimate of drug-likeness (QED) is 0.404. The van der Waals surface area contributed by atoms with Gasteiger partial charge in [-0.1, -0.05) is 73.1 Å². The van der Waals surface area contributed by atoms with Crippen LogP contribution in [-0.2, 0) is 9.47 Å². The molecule has 35 heavy (non-hydrogen) atoms. The number of carbonyl (C=O) groups excluding carboxylic acids is 2. The van der Waals surface area contributed by atoms with Gasteiger partial charge in [-0.05, 0) is 80.6 Å². The zero-order valence-corrected chi connectivity index (χ0v) is 20.6. The van der Waals surface area contributed by atoms with Gasteiger partial charge < -0.3 is 9.47 Å². The predicted molar refractivity (Wildman–Crippen MR) is 139 cm³/mol. The zero-order chi connectivity index (χ0) is 24.5. The third-order valence-corrected chi connectivity index (χ3v) is 7.10. The van der Waals surface area contributed by atoms with Crippen molar-refractivity contribution in [3.63, 3.8) is 0 Å². The van der Waals surface area contributed by atoms with Crippen molar-refractivity contribution in [3.8, 4) is 0 Å². The Kier molecular flexibility index (Phi) is 8.94. The Labute approximate surface area is 209 Å². The second kappa shape index (κ2) is 12.5. The van der Waals surface area contributed by atoms with Gasteiger partial charge in [-0.3, -0.25) is 0 Å². The van der Waals surface area contributed by atoms with Gasteiger partial charge in [-0.2, -0.15) is 0 Å². The van der Waals surface area contributed by atoms with Gasteiger partial charge in [-0.15, -0.1) is 0 Å². The first kappa shape index (κ1) is 25.0. The smallest absolute Gasteiger partial charge is 0.339 e. The Balaban J connectivity index is 1.36. The van der Waals surface area contributed by atoms with Crippen molar-refractivity contribution in [2.75, 3.05) is 13.2 Å². The summed E-state index contributed by atoms with van der Waals surface area (Å²) in [5, 5.41) is 0. The summed E-state index contributed by atoms with van der Waals surface area (Å²) in [6.45, 7) is 4.50. The van der Waals surface area contributed by atoms with E-state index in [9.17, 15) is 9.59 Å². The molecule has 1 fully saturated rings. The van der Waals surface area contributed by atoms with Crippen LogP contribution < -0.4 is 0 Å². The lowest BCUT2D eigenvalue weighted by atomic mass is 9.78. The molecule has 1 unspecified atom stereocenters. The average Bonchev–Trinajstić information content (AvgIpc) is 2.90. The molecule has 0 N–H and O–H groups in total. The molecule has 184 valence electrons. The van der Waals surface area contributed by atoms with E-state index in [4.69, 9.17) is 9.47 Å². The summed E-state index contributed by atoms with van der Waals surface area (Å²) in [6, 6.07) is 6.72. The molecule has 0 heterocycles. The molecule has 0 aromatic heterocycles. The van der Waals surface area contributed by atoms with Gasteiger partial charge in [0.1, 0.15) is 13.2 Å². The lowest BCUT2D eigenvalue weighted by Gasteiger charge is -2.29. The average molecular weight is 473 g/mol. The Bertz CT molecular complexity index is 1070. The fourth-order valence-electron chi connectivity index (χ4n) is 5.02. The van der Waals surface area contributed by atoms with Crippen LogP contribution in [0.2, 0.25) is 0 Å².